The highest BCUT2D eigenvalue weighted by atomic mass is 19.4. The molecule has 2 aromatic carbocycles. The van der Waals surface area contributed by atoms with Crippen LogP contribution in [0.2, 0.25) is 0 Å². The number of hydrogen-bond acceptors (Lipinski definition) is 5. The summed E-state index contributed by atoms with van der Waals surface area (Å²) < 4.78 is 123. The van der Waals surface area contributed by atoms with E-state index in [-0.39, 0.29) is 34.9 Å². The maximum Gasteiger partial charge on any atom is 0.416 e. The summed E-state index contributed by atoms with van der Waals surface area (Å²) in [6, 6.07) is 2.72. The second-order valence-electron chi connectivity index (χ2n) is 10.3. The Morgan fingerprint density at radius 3 is 2.00 bits per heavy atom. The third-order valence-electron chi connectivity index (χ3n) is 6.98. The largest absolute Gasteiger partial charge is 0.416 e. The average molecular weight is 595 g/mol. The number of rotatable bonds is 5. The number of hydrogen-bond donors (Lipinski definition) is 0. The number of aromatic nitrogens is 4. The Balaban J connectivity index is 1.92. The number of aryl methyl sites for hydroxylation is 2. The Bertz CT molecular complexity index is 1360. The first kappa shape index (κ1) is 30.4. The van der Waals surface area contributed by atoms with Crippen LogP contribution in [0.4, 0.5) is 51.1 Å². The van der Waals surface area contributed by atoms with Gasteiger partial charge in [0.2, 0.25) is 0 Å². The number of fused-ring (bicyclic) bond motifs is 1. The van der Waals surface area contributed by atoms with E-state index >= 15 is 0 Å². The molecule has 0 saturated carbocycles. The van der Waals surface area contributed by atoms with E-state index in [0.717, 1.165) is 10.9 Å². The molecule has 1 aliphatic heterocycles. The maximum absolute atomic E-state index is 13.9. The van der Waals surface area contributed by atoms with Crippen LogP contribution in [0.5, 0.6) is 0 Å². The highest BCUT2D eigenvalue weighted by Crippen LogP contribution is 2.44. The van der Waals surface area contributed by atoms with Gasteiger partial charge < -0.3 is 9.80 Å². The Kier molecular flexibility index (Phi) is 7.95. The van der Waals surface area contributed by atoms with Crippen LogP contribution in [0.1, 0.15) is 66.1 Å². The molecule has 4 rings (SSSR count). The van der Waals surface area contributed by atoms with Gasteiger partial charge in [-0.25, -0.2) is 0 Å². The smallest absolute Gasteiger partial charge is 0.369 e. The summed E-state index contributed by atoms with van der Waals surface area (Å²) in [7, 11) is 1.43. The van der Waals surface area contributed by atoms with Gasteiger partial charge in [-0.15, -0.1) is 5.10 Å². The minimum absolute atomic E-state index is 0.0396. The molecule has 1 aromatic heterocycles. The lowest BCUT2D eigenvalue weighted by atomic mass is 9.94. The number of anilines is 2. The van der Waals surface area contributed by atoms with Crippen molar-refractivity contribution in [1.82, 2.24) is 20.2 Å². The summed E-state index contributed by atoms with van der Waals surface area (Å²) in [6.45, 7) is 4.83. The molecule has 0 saturated heterocycles. The fourth-order valence-electron chi connectivity index (χ4n) is 5.15. The van der Waals surface area contributed by atoms with E-state index in [1.54, 1.807) is 4.90 Å². The Labute approximate surface area is 229 Å². The summed E-state index contributed by atoms with van der Waals surface area (Å²) in [4.78, 5) is 4.28. The first-order chi connectivity index (χ1) is 18.9. The van der Waals surface area contributed by atoms with Crippen LogP contribution in [0, 0.1) is 6.92 Å². The van der Waals surface area contributed by atoms with E-state index in [0.29, 0.717) is 37.1 Å². The van der Waals surface area contributed by atoms with Gasteiger partial charge in [0.15, 0.2) is 0 Å². The topological polar surface area (TPSA) is 50.1 Å². The van der Waals surface area contributed by atoms with Crippen LogP contribution in [0.15, 0.2) is 30.3 Å². The molecule has 224 valence electrons. The van der Waals surface area contributed by atoms with Crippen LogP contribution in [0.3, 0.4) is 0 Å². The fraction of sp³-hybridized carbons (Fsp3) is 0.500. The van der Waals surface area contributed by atoms with Crippen molar-refractivity contribution < 1.29 is 39.5 Å². The number of tetrazole rings is 1. The van der Waals surface area contributed by atoms with Gasteiger partial charge in [-0.1, -0.05) is 11.2 Å². The zero-order chi connectivity index (χ0) is 30.5. The molecule has 0 aliphatic carbocycles. The van der Waals surface area contributed by atoms with Crippen molar-refractivity contribution in [2.75, 3.05) is 16.3 Å². The van der Waals surface area contributed by atoms with Crippen LogP contribution in [-0.2, 0) is 32.1 Å². The highest BCUT2D eigenvalue weighted by Gasteiger charge is 2.39. The van der Waals surface area contributed by atoms with E-state index in [1.165, 1.54) is 24.9 Å². The number of halogens is 9. The van der Waals surface area contributed by atoms with Gasteiger partial charge in [-0.3, -0.25) is 0 Å². The molecule has 0 unspecified atom stereocenters. The number of benzene rings is 2. The minimum Gasteiger partial charge on any atom is -0.369 e. The maximum atomic E-state index is 13.9. The minimum atomic E-state index is -5.05. The molecule has 41 heavy (non-hydrogen) atoms. The quantitative estimate of drug-likeness (QED) is 0.290. The molecule has 0 N–H and O–H groups in total. The summed E-state index contributed by atoms with van der Waals surface area (Å²) in [5.41, 5.74) is -3.49. The van der Waals surface area contributed by atoms with E-state index in [1.807, 2.05) is 13.8 Å². The fourth-order valence-corrected chi connectivity index (χ4v) is 5.15. The van der Waals surface area contributed by atoms with Crippen LogP contribution >= 0.6 is 0 Å². The molecule has 0 radical (unpaired) electrons. The van der Waals surface area contributed by atoms with Gasteiger partial charge in [0, 0.05) is 24.8 Å². The Morgan fingerprint density at radius 1 is 0.902 bits per heavy atom. The van der Waals surface area contributed by atoms with Gasteiger partial charge in [0.25, 0.3) is 5.95 Å². The predicted octanol–water partition coefficient (Wildman–Crippen LogP) is 7.33. The van der Waals surface area contributed by atoms with Gasteiger partial charge >= 0.3 is 18.5 Å². The molecule has 0 spiro atoms. The molecule has 0 bridgehead atoms. The Morgan fingerprint density at radius 2 is 1.51 bits per heavy atom. The first-order valence-corrected chi connectivity index (χ1v) is 12.6. The summed E-state index contributed by atoms with van der Waals surface area (Å²) in [5.74, 6) is -0.0926. The molecular weight excluding hydrogens is 567 g/mol. The van der Waals surface area contributed by atoms with Gasteiger partial charge in [-0.05, 0) is 79.8 Å². The average Bonchev–Trinajstić information content (AvgIpc) is 3.18. The van der Waals surface area contributed by atoms with Crippen LogP contribution in [-0.4, -0.2) is 32.8 Å². The molecular formula is C26H27F9N6. The van der Waals surface area contributed by atoms with E-state index in [4.69, 9.17) is 0 Å². The van der Waals surface area contributed by atoms with Crippen molar-refractivity contribution in [1.29, 1.82) is 0 Å². The second-order valence-corrected chi connectivity index (χ2v) is 10.3. The Hall–Kier alpha value is -3.52. The lowest BCUT2D eigenvalue weighted by molar-refractivity contribution is -0.143. The lowest BCUT2D eigenvalue weighted by Crippen LogP contribution is -2.33. The zero-order valence-corrected chi connectivity index (χ0v) is 22.5. The van der Waals surface area contributed by atoms with Crippen molar-refractivity contribution >= 4 is 11.6 Å². The molecule has 0 amide bonds. The van der Waals surface area contributed by atoms with E-state index in [2.05, 4.69) is 15.4 Å². The van der Waals surface area contributed by atoms with Crippen LogP contribution in [0.25, 0.3) is 0 Å². The van der Waals surface area contributed by atoms with Gasteiger partial charge in [0.05, 0.1) is 29.8 Å². The normalized spacial score (nSPS) is 16.6. The standard InChI is InChI=1S/C26H27F9N6/c1-14(2)40-7-5-6-21(19-8-15(3)20(12-22(19)40)26(33,34)35)41(23-36-38-39(4)37-23)13-16-9-17(24(27,28)29)11-18(10-16)25(30,31)32/h8-12,14,21H,5-7,13H2,1-4H3/t21-/m0/s1. The highest BCUT2D eigenvalue weighted by molar-refractivity contribution is 5.62. The molecule has 2 heterocycles. The summed E-state index contributed by atoms with van der Waals surface area (Å²) >= 11 is 0. The van der Waals surface area contributed by atoms with Crippen molar-refractivity contribution in [2.24, 2.45) is 7.05 Å². The molecule has 6 nitrogen and oxygen atoms in total. The first-order valence-electron chi connectivity index (χ1n) is 12.6. The SMILES string of the molecule is Cc1cc2c(cc1C(F)(F)F)N(C(C)C)CCC[C@@H]2N(Cc1cc(C(F)(F)F)cc(C(F)(F)F)c1)c1nnn(C)n1. The molecule has 1 aliphatic rings. The zero-order valence-electron chi connectivity index (χ0n) is 22.5. The summed E-state index contributed by atoms with van der Waals surface area (Å²) in [6.07, 6.45) is -14.0. The van der Waals surface area contributed by atoms with E-state index < -0.39 is 47.8 Å². The van der Waals surface area contributed by atoms with Crippen molar-refractivity contribution in [3.05, 3.63) is 63.7 Å². The van der Waals surface area contributed by atoms with Crippen molar-refractivity contribution in [3.8, 4) is 0 Å². The summed E-state index contributed by atoms with van der Waals surface area (Å²) in [5, 5.41) is 11.9. The monoisotopic (exact) mass is 594 g/mol. The van der Waals surface area contributed by atoms with Crippen molar-refractivity contribution in [3.63, 3.8) is 0 Å². The molecule has 1 atom stereocenters. The molecule has 3 aromatic rings. The van der Waals surface area contributed by atoms with Crippen LogP contribution < -0.4 is 9.80 Å². The van der Waals surface area contributed by atoms with E-state index in [9.17, 15) is 39.5 Å². The van der Waals surface area contributed by atoms with Crippen molar-refractivity contribution in [2.45, 2.75) is 70.8 Å². The predicted molar refractivity (Wildman–Crippen MR) is 132 cm³/mol. The van der Waals surface area contributed by atoms with Gasteiger partial charge in [0.1, 0.15) is 0 Å². The lowest BCUT2D eigenvalue weighted by Gasteiger charge is -2.34. The third kappa shape index (κ3) is 6.53. The third-order valence-corrected chi connectivity index (χ3v) is 6.98. The second kappa shape index (κ2) is 10.7. The number of alkyl halides is 9. The number of nitrogens with zero attached hydrogens (tertiary/aromatic N) is 6. The molecule has 0 fully saturated rings. The molecule has 15 heteroatoms. The van der Waals surface area contributed by atoms with Gasteiger partial charge in [-0.2, -0.15) is 44.3 Å².